The fraction of sp³-hybridized carbons (Fsp3) is 0.300. The van der Waals surface area contributed by atoms with Crippen LogP contribution in [0.4, 0.5) is 0 Å². The summed E-state index contributed by atoms with van der Waals surface area (Å²) in [6, 6.07) is 5.34. The van der Waals surface area contributed by atoms with Crippen LogP contribution in [0, 0.1) is 5.92 Å². The van der Waals surface area contributed by atoms with Crippen LogP contribution in [-0.4, -0.2) is 9.52 Å². The fourth-order valence-electron chi connectivity index (χ4n) is 1.70. The number of aldehydes is 1. The van der Waals surface area contributed by atoms with E-state index in [1.807, 2.05) is 12.1 Å². The van der Waals surface area contributed by atoms with E-state index >= 15 is 0 Å². The maximum absolute atomic E-state index is 10.8. The summed E-state index contributed by atoms with van der Waals surface area (Å²) < 4.78 is -0.338. The monoisotopic (exact) mass is 370 g/mol. The molecule has 0 amide bonds. The van der Waals surface area contributed by atoms with Gasteiger partial charge in [0.25, 0.3) is 0 Å². The van der Waals surface area contributed by atoms with E-state index in [2.05, 4.69) is 31.9 Å². The molecule has 0 spiro atoms. The van der Waals surface area contributed by atoms with Crippen molar-refractivity contribution in [1.82, 2.24) is 0 Å². The molecule has 1 nitrogen and oxygen atoms in total. The van der Waals surface area contributed by atoms with Crippen molar-refractivity contribution in [2.45, 2.75) is 9.15 Å². The molecule has 2 atom stereocenters. The van der Waals surface area contributed by atoms with Gasteiger partial charge in [-0.15, -0.1) is 0 Å². The van der Waals surface area contributed by atoms with E-state index < -0.39 is 0 Å². The van der Waals surface area contributed by atoms with Crippen LogP contribution in [0.3, 0.4) is 0 Å². The first-order valence-electron chi connectivity index (χ1n) is 4.26. The van der Waals surface area contributed by atoms with Gasteiger partial charge in [-0.2, -0.15) is 0 Å². The van der Waals surface area contributed by atoms with Gasteiger partial charge in [0.1, 0.15) is 6.29 Å². The highest BCUT2D eigenvalue weighted by Gasteiger charge is 2.62. The Morgan fingerprint density at radius 2 is 1.73 bits per heavy atom. The number of carbonyl (C=O) groups excluding carboxylic acids is 1. The lowest BCUT2D eigenvalue weighted by atomic mass is 10.1. The third kappa shape index (κ3) is 2.12. The van der Waals surface area contributed by atoms with Crippen LogP contribution in [0.5, 0.6) is 0 Å². The summed E-state index contributed by atoms with van der Waals surface area (Å²) in [4.78, 5) is 10.8. The SMILES string of the molecule is O=C[C@@H]1[C@@H](c2cc(Cl)cc(Cl)c2)C1(Br)Br. The van der Waals surface area contributed by atoms with Crippen molar-refractivity contribution in [3.63, 3.8) is 0 Å². The van der Waals surface area contributed by atoms with Gasteiger partial charge < -0.3 is 4.79 Å². The molecule has 2 rings (SSSR count). The minimum atomic E-state index is -0.338. The molecule has 0 aromatic heterocycles. The van der Waals surface area contributed by atoms with Crippen LogP contribution in [0.15, 0.2) is 18.2 Å². The fourth-order valence-corrected chi connectivity index (χ4v) is 3.83. The van der Waals surface area contributed by atoms with E-state index in [0.29, 0.717) is 10.0 Å². The van der Waals surface area contributed by atoms with Crippen LogP contribution < -0.4 is 0 Å². The van der Waals surface area contributed by atoms with Gasteiger partial charge in [-0.25, -0.2) is 0 Å². The Morgan fingerprint density at radius 1 is 1.20 bits per heavy atom. The second-order valence-corrected chi connectivity index (χ2v) is 8.08. The van der Waals surface area contributed by atoms with E-state index in [4.69, 9.17) is 23.2 Å². The van der Waals surface area contributed by atoms with Crippen LogP contribution in [0.2, 0.25) is 10.0 Å². The van der Waals surface area contributed by atoms with Gasteiger partial charge in [0.2, 0.25) is 0 Å². The Labute approximate surface area is 114 Å². The van der Waals surface area contributed by atoms with Crippen molar-refractivity contribution in [1.29, 1.82) is 0 Å². The lowest BCUT2D eigenvalue weighted by Crippen LogP contribution is -1.89. The summed E-state index contributed by atoms with van der Waals surface area (Å²) in [6.45, 7) is 0. The number of carbonyl (C=O) groups is 1. The molecule has 80 valence electrons. The van der Waals surface area contributed by atoms with Gasteiger partial charge in [-0.1, -0.05) is 55.1 Å². The summed E-state index contributed by atoms with van der Waals surface area (Å²) in [5, 5.41) is 1.18. The second kappa shape index (κ2) is 4.02. The normalized spacial score (nSPS) is 27.5. The Kier molecular flexibility index (Phi) is 3.19. The molecule has 1 fully saturated rings. The summed E-state index contributed by atoms with van der Waals surface area (Å²) in [6.07, 6.45) is 0.934. The van der Waals surface area contributed by atoms with Gasteiger partial charge in [0.05, 0.1) is 3.23 Å². The molecule has 0 unspecified atom stereocenters. The van der Waals surface area contributed by atoms with Crippen molar-refractivity contribution in [2.24, 2.45) is 5.92 Å². The minimum Gasteiger partial charge on any atom is -0.303 e. The zero-order valence-electron chi connectivity index (χ0n) is 7.38. The highest BCUT2D eigenvalue weighted by Crippen LogP contribution is 2.66. The number of hydrogen-bond donors (Lipinski definition) is 0. The average Bonchev–Trinajstić information content (AvgIpc) is 2.66. The van der Waals surface area contributed by atoms with E-state index in [0.717, 1.165) is 11.8 Å². The minimum absolute atomic E-state index is 0.0768. The summed E-state index contributed by atoms with van der Waals surface area (Å²) in [5.41, 5.74) is 0.971. The first kappa shape index (κ1) is 11.9. The number of alkyl halides is 2. The molecule has 0 radical (unpaired) electrons. The van der Waals surface area contributed by atoms with Crippen molar-refractivity contribution in [3.05, 3.63) is 33.8 Å². The van der Waals surface area contributed by atoms with E-state index in [9.17, 15) is 4.79 Å². The number of halogens is 4. The predicted octanol–water partition coefficient (Wildman–Crippen LogP) is 4.39. The van der Waals surface area contributed by atoms with Crippen molar-refractivity contribution >= 4 is 61.3 Å². The molecule has 1 aliphatic carbocycles. The Bertz CT molecular complexity index is 400. The van der Waals surface area contributed by atoms with E-state index in [1.165, 1.54) is 0 Å². The van der Waals surface area contributed by atoms with Gasteiger partial charge in [-0.05, 0) is 23.8 Å². The van der Waals surface area contributed by atoms with E-state index in [1.54, 1.807) is 6.07 Å². The molecule has 5 heteroatoms. The number of benzene rings is 1. The topological polar surface area (TPSA) is 17.1 Å². The van der Waals surface area contributed by atoms with Gasteiger partial charge >= 0.3 is 0 Å². The Morgan fingerprint density at radius 3 is 2.13 bits per heavy atom. The summed E-state index contributed by atoms with van der Waals surface area (Å²) in [7, 11) is 0. The maximum atomic E-state index is 10.8. The van der Waals surface area contributed by atoms with Gasteiger partial charge in [-0.3, -0.25) is 0 Å². The summed E-state index contributed by atoms with van der Waals surface area (Å²) in [5.74, 6) is 0.0123. The molecule has 15 heavy (non-hydrogen) atoms. The smallest absolute Gasteiger partial charge is 0.126 e. The van der Waals surface area contributed by atoms with Gasteiger partial charge in [0.15, 0.2) is 0 Å². The molecule has 1 aliphatic rings. The van der Waals surface area contributed by atoms with Crippen LogP contribution in [-0.2, 0) is 4.79 Å². The molecule has 1 aromatic carbocycles. The molecule has 0 bridgehead atoms. The van der Waals surface area contributed by atoms with Gasteiger partial charge in [0, 0.05) is 21.9 Å². The lowest BCUT2D eigenvalue weighted by Gasteiger charge is -2.02. The van der Waals surface area contributed by atoms with Crippen molar-refractivity contribution < 1.29 is 4.79 Å². The second-order valence-electron chi connectivity index (χ2n) is 3.52. The number of hydrogen-bond acceptors (Lipinski definition) is 1. The molecule has 1 saturated carbocycles. The van der Waals surface area contributed by atoms with E-state index in [-0.39, 0.29) is 15.1 Å². The molecule has 0 heterocycles. The summed E-state index contributed by atoms with van der Waals surface area (Å²) >= 11 is 18.7. The highest BCUT2D eigenvalue weighted by molar-refractivity contribution is 9.25. The predicted molar refractivity (Wildman–Crippen MR) is 69.3 cm³/mol. The van der Waals surface area contributed by atoms with Crippen molar-refractivity contribution in [3.8, 4) is 0 Å². The average molecular weight is 373 g/mol. The molecule has 0 aliphatic heterocycles. The first-order valence-corrected chi connectivity index (χ1v) is 6.60. The molecule has 0 saturated heterocycles. The van der Waals surface area contributed by atoms with Crippen LogP contribution >= 0.6 is 55.1 Å². The first-order chi connectivity index (χ1) is 6.96. The molecular weight excluding hydrogens is 367 g/mol. The van der Waals surface area contributed by atoms with Crippen LogP contribution in [0.25, 0.3) is 0 Å². The molecular formula is C10H6Br2Cl2O. The standard InChI is InChI=1S/C10H6Br2Cl2O/c11-10(12)8(4-15)9(10)5-1-6(13)3-7(14)2-5/h1-4,8-9H/t8-,9-/m1/s1. The lowest BCUT2D eigenvalue weighted by molar-refractivity contribution is -0.108. The highest BCUT2D eigenvalue weighted by atomic mass is 79.9. The zero-order chi connectivity index (χ0) is 11.2. The Hall–Kier alpha value is 0.430. The molecule has 1 aromatic rings. The van der Waals surface area contributed by atoms with Crippen LogP contribution in [0.1, 0.15) is 11.5 Å². The molecule has 0 N–H and O–H groups in total. The Balaban J connectivity index is 2.36. The zero-order valence-corrected chi connectivity index (χ0v) is 12.1. The maximum Gasteiger partial charge on any atom is 0.126 e. The van der Waals surface area contributed by atoms with Crippen molar-refractivity contribution in [2.75, 3.05) is 0 Å². The largest absolute Gasteiger partial charge is 0.303 e. The third-order valence-electron chi connectivity index (χ3n) is 2.50. The number of rotatable bonds is 2. The quantitative estimate of drug-likeness (QED) is 0.555. The third-order valence-corrected chi connectivity index (χ3v) is 4.98.